The van der Waals surface area contributed by atoms with E-state index in [1.54, 1.807) is 10.7 Å². The van der Waals surface area contributed by atoms with Crippen LogP contribution in [0.15, 0.2) is 36.7 Å². The highest BCUT2D eigenvalue weighted by molar-refractivity contribution is 5.63. The smallest absolute Gasteiger partial charge is 0.238 e. The summed E-state index contributed by atoms with van der Waals surface area (Å²) in [5.41, 5.74) is 9.63. The number of rotatable bonds is 1. The van der Waals surface area contributed by atoms with E-state index in [2.05, 4.69) is 41.9 Å². The third kappa shape index (κ3) is 2.11. The molecule has 20 heavy (non-hydrogen) atoms. The molecule has 0 saturated carbocycles. The van der Waals surface area contributed by atoms with Crippen LogP contribution in [0.4, 0.5) is 5.95 Å². The van der Waals surface area contributed by atoms with Gasteiger partial charge in [0.25, 0.3) is 0 Å². The monoisotopic (exact) mass is 267 g/mol. The van der Waals surface area contributed by atoms with E-state index in [4.69, 9.17) is 5.73 Å². The van der Waals surface area contributed by atoms with Gasteiger partial charge >= 0.3 is 0 Å². The number of nitrogen functional groups attached to an aromatic ring is 1. The molecule has 0 amide bonds. The number of hydrogen-bond acceptors (Lipinski definition) is 4. The second kappa shape index (κ2) is 4.30. The number of nitrogens with zero attached hydrogens (tertiary/aromatic N) is 4. The van der Waals surface area contributed by atoms with Gasteiger partial charge in [-0.2, -0.15) is 0 Å². The molecular weight excluding hydrogens is 250 g/mol. The Hall–Kier alpha value is -2.43. The van der Waals surface area contributed by atoms with Gasteiger partial charge in [0.1, 0.15) is 0 Å². The molecule has 3 rings (SSSR count). The molecule has 0 aliphatic heterocycles. The standard InChI is InChI=1S/C15H17N5/c1-15(2,3)10-4-6-12(17-8-10)13-7-5-11-9-18-14(16)19-20(11)13/h4-9H,1-3H3,(H2,16,19). The van der Waals surface area contributed by atoms with Crippen molar-refractivity contribution in [3.05, 3.63) is 42.2 Å². The fourth-order valence-electron chi connectivity index (χ4n) is 2.10. The Morgan fingerprint density at radius 2 is 1.80 bits per heavy atom. The molecule has 0 atom stereocenters. The predicted octanol–water partition coefficient (Wildman–Crippen LogP) is 2.67. The minimum absolute atomic E-state index is 0.0966. The van der Waals surface area contributed by atoms with Crippen LogP contribution in [-0.4, -0.2) is 19.6 Å². The third-order valence-electron chi connectivity index (χ3n) is 3.31. The van der Waals surface area contributed by atoms with E-state index in [0.717, 1.165) is 16.9 Å². The van der Waals surface area contributed by atoms with Crippen LogP contribution in [0.25, 0.3) is 16.9 Å². The first-order chi connectivity index (χ1) is 9.45. The quantitative estimate of drug-likeness (QED) is 0.736. The summed E-state index contributed by atoms with van der Waals surface area (Å²) in [6.45, 7) is 6.51. The van der Waals surface area contributed by atoms with E-state index in [1.807, 2.05) is 24.4 Å². The first-order valence-electron chi connectivity index (χ1n) is 6.52. The molecule has 102 valence electrons. The number of anilines is 1. The molecule has 5 heteroatoms. The summed E-state index contributed by atoms with van der Waals surface area (Å²) in [5.74, 6) is 0.251. The second-order valence-corrected chi connectivity index (χ2v) is 5.85. The molecule has 0 aromatic carbocycles. The molecule has 0 bridgehead atoms. The first kappa shape index (κ1) is 12.6. The number of pyridine rings is 1. The van der Waals surface area contributed by atoms with Gasteiger partial charge < -0.3 is 5.73 Å². The van der Waals surface area contributed by atoms with Crippen LogP contribution < -0.4 is 5.73 Å². The SMILES string of the molecule is CC(C)(C)c1ccc(-c2ccc3cnc(N)nn23)nc1. The normalized spacial score (nSPS) is 11.9. The lowest BCUT2D eigenvalue weighted by Gasteiger charge is -2.18. The van der Waals surface area contributed by atoms with Crippen LogP contribution in [0.5, 0.6) is 0 Å². The summed E-state index contributed by atoms with van der Waals surface area (Å²) >= 11 is 0. The maximum absolute atomic E-state index is 5.65. The Kier molecular flexibility index (Phi) is 2.71. The highest BCUT2D eigenvalue weighted by Crippen LogP contribution is 2.25. The van der Waals surface area contributed by atoms with Crippen molar-refractivity contribution in [3.8, 4) is 11.4 Å². The average molecular weight is 267 g/mol. The van der Waals surface area contributed by atoms with E-state index in [1.165, 1.54) is 5.56 Å². The van der Waals surface area contributed by atoms with Gasteiger partial charge in [-0.15, -0.1) is 5.10 Å². The molecular formula is C15H17N5. The fourth-order valence-corrected chi connectivity index (χ4v) is 2.10. The Labute approximate surface area is 117 Å². The molecule has 0 aliphatic carbocycles. The molecule has 0 spiro atoms. The first-order valence-corrected chi connectivity index (χ1v) is 6.52. The van der Waals surface area contributed by atoms with Crippen LogP contribution in [-0.2, 0) is 5.41 Å². The zero-order valence-corrected chi connectivity index (χ0v) is 11.8. The van der Waals surface area contributed by atoms with Gasteiger partial charge in [-0.05, 0) is 29.2 Å². The van der Waals surface area contributed by atoms with Gasteiger partial charge in [-0.25, -0.2) is 9.50 Å². The van der Waals surface area contributed by atoms with Crippen LogP contribution in [0, 0.1) is 0 Å². The van der Waals surface area contributed by atoms with Gasteiger partial charge in [0.2, 0.25) is 5.95 Å². The Balaban J connectivity index is 2.09. The summed E-state index contributed by atoms with van der Waals surface area (Å²) in [6.07, 6.45) is 3.62. The largest absolute Gasteiger partial charge is 0.367 e. The van der Waals surface area contributed by atoms with Crippen LogP contribution in [0.3, 0.4) is 0 Å². The lowest BCUT2D eigenvalue weighted by Crippen LogP contribution is -2.11. The van der Waals surface area contributed by atoms with Crippen molar-refractivity contribution in [2.24, 2.45) is 0 Å². The lowest BCUT2D eigenvalue weighted by molar-refractivity contribution is 0.587. The van der Waals surface area contributed by atoms with Crippen molar-refractivity contribution in [2.75, 3.05) is 5.73 Å². The van der Waals surface area contributed by atoms with Crippen LogP contribution in [0.2, 0.25) is 0 Å². The zero-order valence-electron chi connectivity index (χ0n) is 11.8. The number of aromatic nitrogens is 4. The molecule has 0 unspecified atom stereocenters. The van der Waals surface area contributed by atoms with E-state index in [-0.39, 0.29) is 11.4 Å². The molecule has 3 aromatic rings. The molecule has 3 aromatic heterocycles. The maximum Gasteiger partial charge on any atom is 0.238 e. The molecule has 0 fully saturated rings. The highest BCUT2D eigenvalue weighted by atomic mass is 15.3. The van der Waals surface area contributed by atoms with Crippen molar-refractivity contribution in [2.45, 2.75) is 26.2 Å². The topological polar surface area (TPSA) is 69.1 Å². The van der Waals surface area contributed by atoms with Crippen LogP contribution >= 0.6 is 0 Å². The molecule has 2 N–H and O–H groups in total. The average Bonchev–Trinajstić information content (AvgIpc) is 2.81. The highest BCUT2D eigenvalue weighted by Gasteiger charge is 2.15. The minimum atomic E-state index is 0.0966. The van der Waals surface area contributed by atoms with Crippen molar-refractivity contribution in [1.29, 1.82) is 0 Å². The van der Waals surface area contributed by atoms with Gasteiger partial charge in [0.15, 0.2) is 0 Å². The van der Waals surface area contributed by atoms with Gasteiger partial charge in [0, 0.05) is 6.20 Å². The minimum Gasteiger partial charge on any atom is -0.367 e. The maximum atomic E-state index is 5.65. The van der Waals surface area contributed by atoms with Gasteiger partial charge in [0.05, 0.1) is 23.1 Å². The summed E-state index contributed by atoms with van der Waals surface area (Å²) in [5, 5.41) is 4.23. The Morgan fingerprint density at radius 1 is 1.00 bits per heavy atom. The van der Waals surface area contributed by atoms with Crippen molar-refractivity contribution in [3.63, 3.8) is 0 Å². The molecule has 0 saturated heterocycles. The molecule has 3 heterocycles. The van der Waals surface area contributed by atoms with Crippen LogP contribution in [0.1, 0.15) is 26.3 Å². The summed E-state index contributed by atoms with van der Waals surface area (Å²) < 4.78 is 1.77. The second-order valence-electron chi connectivity index (χ2n) is 5.85. The van der Waals surface area contributed by atoms with E-state index in [0.29, 0.717) is 0 Å². The van der Waals surface area contributed by atoms with Crippen molar-refractivity contribution in [1.82, 2.24) is 19.6 Å². The summed E-state index contributed by atoms with van der Waals surface area (Å²) in [7, 11) is 0. The van der Waals surface area contributed by atoms with Crippen molar-refractivity contribution >= 4 is 11.5 Å². The van der Waals surface area contributed by atoms with Crippen molar-refractivity contribution < 1.29 is 0 Å². The third-order valence-corrected chi connectivity index (χ3v) is 3.31. The van der Waals surface area contributed by atoms with E-state index in [9.17, 15) is 0 Å². The molecule has 0 aliphatic rings. The fraction of sp³-hybridized carbons (Fsp3) is 0.267. The number of hydrogen-bond donors (Lipinski definition) is 1. The number of nitrogens with two attached hydrogens (primary N) is 1. The van der Waals surface area contributed by atoms with E-state index >= 15 is 0 Å². The Bertz CT molecular complexity index is 750. The van der Waals surface area contributed by atoms with E-state index < -0.39 is 0 Å². The number of fused-ring (bicyclic) bond motifs is 1. The lowest BCUT2D eigenvalue weighted by atomic mass is 9.88. The van der Waals surface area contributed by atoms with Gasteiger partial charge in [-0.1, -0.05) is 26.8 Å². The summed E-state index contributed by atoms with van der Waals surface area (Å²) in [6, 6.07) is 8.05. The summed E-state index contributed by atoms with van der Waals surface area (Å²) in [4.78, 5) is 8.53. The Morgan fingerprint density at radius 3 is 2.45 bits per heavy atom. The molecule has 0 radical (unpaired) electrons. The van der Waals surface area contributed by atoms with Gasteiger partial charge in [-0.3, -0.25) is 4.98 Å². The zero-order chi connectivity index (χ0) is 14.3. The molecule has 5 nitrogen and oxygen atoms in total. The predicted molar refractivity (Wildman–Crippen MR) is 79.3 cm³/mol.